The third kappa shape index (κ3) is 3.01. The Kier molecular flexibility index (Phi) is 5.08. The Balaban J connectivity index is 2.30. The van der Waals surface area contributed by atoms with Gasteiger partial charge in [0.1, 0.15) is 0 Å². The summed E-state index contributed by atoms with van der Waals surface area (Å²) in [5.41, 5.74) is 7.16. The summed E-state index contributed by atoms with van der Waals surface area (Å²) in [6.07, 6.45) is 2.45. The van der Waals surface area contributed by atoms with E-state index in [4.69, 9.17) is 10.7 Å². The molecule has 4 heteroatoms. The number of nitrogens with zero attached hydrogens (tertiary/aromatic N) is 2. The van der Waals surface area contributed by atoms with Gasteiger partial charge in [0, 0.05) is 24.0 Å². The predicted molar refractivity (Wildman–Crippen MR) is 88.5 cm³/mol. The third-order valence-corrected chi connectivity index (χ3v) is 5.95. The van der Waals surface area contributed by atoms with Crippen molar-refractivity contribution in [3.05, 3.63) is 10.6 Å². The van der Waals surface area contributed by atoms with Gasteiger partial charge >= 0.3 is 0 Å². The van der Waals surface area contributed by atoms with Crippen LogP contribution in [0.4, 0.5) is 5.13 Å². The van der Waals surface area contributed by atoms with Gasteiger partial charge in [-0.3, -0.25) is 0 Å². The minimum atomic E-state index is 0.508. The molecule has 1 aromatic heterocycles. The molecule has 0 spiro atoms. The van der Waals surface area contributed by atoms with E-state index in [9.17, 15) is 0 Å². The lowest BCUT2D eigenvalue weighted by atomic mass is 9.86. The first kappa shape index (κ1) is 15.8. The summed E-state index contributed by atoms with van der Waals surface area (Å²) in [4.78, 5) is 8.74. The molecule has 3 nitrogen and oxygen atoms in total. The van der Waals surface area contributed by atoms with Crippen LogP contribution in [0.5, 0.6) is 0 Å². The van der Waals surface area contributed by atoms with Crippen molar-refractivity contribution in [2.24, 2.45) is 17.6 Å². The first-order valence-corrected chi connectivity index (χ1v) is 8.75. The van der Waals surface area contributed by atoms with Crippen LogP contribution in [0, 0.1) is 11.8 Å². The van der Waals surface area contributed by atoms with Crippen molar-refractivity contribution in [1.82, 2.24) is 4.98 Å². The predicted octanol–water partition coefficient (Wildman–Crippen LogP) is 3.99. The zero-order chi connectivity index (χ0) is 14.9. The first-order chi connectivity index (χ1) is 9.47. The van der Waals surface area contributed by atoms with E-state index >= 15 is 0 Å². The van der Waals surface area contributed by atoms with Crippen molar-refractivity contribution in [3.63, 3.8) is 0 Å². The minimum Gasteiger partial charge on any atom is -0.345 e. The largest absolute Gasteiger partial charge is 0.345 e. The molecule has 0 aromatic carbocycles. The van der Waals surface area contributed by atoms with Crippen molar-refractivity contribution in [2.75, 3.05) is 11.4 Å². The second-order valence-electron chi connectivity index (χ2n) is 6.53. The molecule has 2 rings (SSSR count). The number of thiazole rings is 1. The lowest BCUT2D eigenvalue weighted by molar-refractivity contribution is 0.296. The standard InChI is InChI=1S/C16H29N3S/c1-6-11(3)15-14(8-17)20-16(18-15)19-9-10(2)7-12(4)13(19)5/h10-13H,6-9,17H2,1-5H3. The fraction of sp³-hybridized carbons (Fsp3) is 0.812. The van der Waals surface area contributed by atoms with Crippen LogP contribution in [0.1, 0.15) is 63.9 Å². The van der Waals surface area contributed by atoms with Gasteiger partial charge in [-0.2, -0.15) is 0 Å². The summed E-state index contributed by atoms with van der Waals surface area (Å²) in [7, 11) is 0. The van der Waals surface area contributed by atoms with Crippen LogP contribution < -0.4 is 10.6 Å². The molecular weight excluding hydrogens is 266 g/mol. The highest BCUT2D eigenvalue weighted by Crippen LogP contribution is 2.37. The molecule has 1 fully saturated rings. The van der Waals surface area contributed by atoms with E-state index in [1.165, 1.54) is 22.1 Å². The number of aromatic nitrogens is 1. The second kappa shape index (κ2) is 6.44. The maximum atomic E-state index is 5.93. The van der Waals surface area contributed by atoms with Crippen LogP contribution in [-0.4, -0.2) is 17.6 Å². The quantitative estimate of drug-likeness (QED) is 0.913. The van der Waals surface area contributed by atoms with Gasteiger partial charge in [0.25, 0.3) is 0 Å². The molecule has 2 N–H and O–H groups in total. The molecule has 1 aromatic rings. The SMILES string of the molecule is CCC(C)c1nc(N2CC(C)CC(C)C2C)sc1CN. The van der Waals surface area contributed by atoms with Crippen molar-refractivity contribution in [2.45, 2.75) is 66.0 Å². The molecule has 0 saturated carbocycles. The van der Waals surface area contributed by atoms with E-state index in [1.807, 2.05) is 11.3 Å². The van der Waals surface area contributed by atoms with Crippen molar-refractivity contribution >= 4 is 16.5 Å². The highest BCUT2D eigenvalue weighted by Gasteiger charge is 2.31. The van der Waals surface area contributed by atoms with Crippen LogP contribution in [0.2, 0.25) is 0 Å². The lowest BCUT2D eigenvalue weighted by Gasteiger charge is -2.41. The van der Waals surface area contributed by atoms with E-state index in [2.05, 4.69) is 39.5 Å². The van der Waals surface area contributed by atoms with Crippen LogP contribution in [0.25, 0.3) is 0 Å². The molecule has 1 saturated heterocycles. The molecule has 0 bridgehead atoms. The number of nitrogens with two attached hydrogens (primary N) is 1. The monoisotopic (exact) mass is 295 g/mol. The molecule has 0 radical (unpaired) electrons. The molecule has 2 heterocycles. The Morgan fingerprint density at radius 1 is 1.40 bits per heavy atom. The van der Waals surface area contributed by atoms with E-state index in [-0.39, 0.29) is 0 Å². The van der Waals surface area contributed by atoms with Crippen LogP contribution in [0.3, 0.4) is 0 Å². The highest BCUT2D eigenvalue weighted by molar-refractivity contribution is 7.15. The van der Waals surface area contributed by atoms with Gasteiger partial charge in [-0.1, -0.05) is 27.7 Å². The fourth-order valence-corrected chi connectivity index (χ4v) is 4.32. The van der Waals surface area contributed by atoms with Gasteiger partial charge in [-0.05, 0) is 37.5 Å². The number of hydrogen-bond acceptors (Lipinski definition) is 4. The summed E-state index contributed by atoms with van der Waals surface area (Å²) in [5.74, 6) is 1.99. The van der Waals surface area contributed by atoms with Gasteiger partial charge in [-0.25, -0.2) is 4.98 Å². The molecule has 4 atom stereocenters. The Morgan fingerprint density at radius 3 is 2.70 bits per heavy atom. The van der Waals surface area contributed by atoms with Crippen LogP contribution in [0.15, 0.2) is 0 Å². The van der Waals surface area contributed by atoms with Gasteiger partial charge in [0.05, 0.1) is 5.69 Å². The van der Waals surface area contributed by atoms with Crippen LogP contribution >= 0.6 is 11.3 Å². The normalized spacial score (nSPS) is 28.7. The topological polar surface area (TPSA) is 42.2 Å². The maximum Gasteiger partial charge on any atom is 0.186 e. The second-order valence-corrected chi connectivity index (χ2v) is 7.59. The van der Waals surface area contributed by atoms with E-state index in [0.29, 0.717) is 18.5 Å². The fourth-order valence-electron chi connectivity index (χ4n) is 3.17. The summed E-state index contributed by atoms with van der Waals surface area (Å²) in [5, 5.41) is 1.19. The average molecular weight is 295 g/mol. The Labute approximate surface area is 127 Å². The number of rotatable bonds is 4. The van der Waals surface area contributed by atoms with E-state index < -0.39 is 0 Å². The summed E-state index contributed by atoms with van der Waals surface area (Å²) < 4.78 is 0. The first-order valence-electron chi connectivity index (χ1n) is 7.94. The van der Waals surface area contributed by atoms with Crippen molar-refractivity contribution in [3.8, 4) is 0 Å². The van der Waals surface area contributed by atoms with Gasteiger partial charge in [-0.15, -0.1) is 11.3 Å². The number of piperidine rings is 1. The number of anilines is 1. The van der Waals surface area contributed by atoms with Gasteiger partial charge < -0.3 is 10.6 Å². The van der Waals surface area contributed by atoms with Crippen LogP contribution in [-0.2, 0) is 6.54 Å². The maximum absolute atomic E-state index is 5.93. The van der Waals surface area contributed by atoms with Crippen molar-refractivity contribution in [1.29, 1.82) is 0 Å². The molecular formula is C16H29N3S. The molecule has 0 amide bonds. The van der Waals surface area contributed by atoms with Crippen molar-refractivity contribution < 1.29 is 0 Å². The van der Waals surface area contributed by atoms with Gasteiger partial charge in [0.15, 0.2) is 5.13 Å². The molecule has 0 aliphatic carbocycles. The zero-order valence-corrected chi connectivity index (χ0v) is 14.3. The highest BCUT2D eigenvalue weighted by atomic mass is 32.1. The number of hydrogen-bond donors (Lipinski definition) is 1. The summed E-state index contributed by atoms with van der Waals surface area (Å²) >= 11 is 1.81. The van der Waals surface area contributed by atoms with E-state index in [1.54, 1.807) is 0 Å². The molecule has 1 aliphatic rings. The third-order valence-electron chi connectivity index (χ3n) is 4.82. The molecule has 20 heavy (non-hydrogen) atoms. The molecule has 4 unspecified atom stereocenters. The Bertz CT molecular complexity index is 443. The minimum absolute atomic E-state index is 0.508. The smallest absolute Gasteiger partial charge is 0.186 e. The van der Waals surface area contributed by atoms with Gasteiger partial charge in [0.2, 0.25) is 0 Å². The zero-order valence-electron chi connectivity index (χ0n) is 13.5. The molecule has 1 aliphatic heterocycles. The average Bonchev–Trinajstić information content (AvgIpc) is 2.85. The van der Waals surface area contributed by atoms with E-state index in [0.717, 1.165) is 24.8 Å². The molecule has 114 valence electrons. The Morgan fingerprint density at radius 2 is 2.10 bits per heavy atom. The Hall–Kier alpha value is -0.610. The lowest BCUT2D eigenvalue weighted by Crippen LogP contribution is -2.45. The summed E-state index contributed by atoms with van der Waals surface area (Å²) in [6, 6.07) is 0.577. The summed E-state index contributed by atoms with van der Waals surface area (Å²) in [6.45, 7) is 13.3.